The van der Waals surface area contributed by atoms with Crippen molar-refractivity contribution in [2.45, 2.75) is 13.0 Å². The van der Waals surface area contributed by atoms with E-state index in [0.717, 1.165) is 37.8 Å². The molecule has 0 radical (unpaired) electrons. The predicted molar refractivity (Wildman–Crippen MR) is 83.5 cm³/mol. The number of hydrogen-bond acceptors (Lipinski definition) is 4. The summed E-state index contributed by atoms with van der Waals surface area (Å²) in [6.45, 7) is 3.19. The third-order valence-electron chi connectivity index (χ3n) is 3.65. The van der Waals surface area contributed by atoms with Crippen molar-refractivity contribution in [1.82, 2.24) is 15.5 Å². The molecular weight excluding hydrogens is 284 g/mol. The minimum atomic E-state index is -0.0924. The molecule has 1 aliphatic rings. The maximum Gasteiger partial charge on any atom is 0.239 e. The van der Waals surface area contributed by atoms with Gasteiger partial charge in [0, 0.05) is 33.2 Å². The highest BCUT2D eigenvalue weighted by molar-refractivity contribution is 5.86. The number of amides is 1. The maximum absolute atomic E-state index is 11.8. The lowest BCUT2D eigenvalue weighted by atomic mass is 10.1. The van der Waals surface area contributed by atoms with E-state index in [-0.39, 0.29) is 12.5 Å². The number of guanidine groups is 1. The lowest BCUT2D eigenvalue weighted by Crippen LogP contribution is -2.44. The van der Waals surface area contributed by atoms with Gasteiger partial charge >= 0.3 is 0 Å². The molecule has 1 aromatic heterocycles. The van der Waals surface area contributed by atoms with Gasteiger partial charge in [-0.15, -0.1) is 0 Å². The molecule has 0 saturated carbocycles. The number of nitrogens with zero attached hydrogens (tertiary/aromatic N) is 2. The van der Waals surface area contributed by atoms with Crippen molar-refractivity contribution in [3.63, 3.8) is 0 Å². The van der Waals surface area contributed by atoms with Crippen LogP contribution in [0.1, 0.15) is 12.2 Å². The van der Waals surface area contributed by atoms with E-state index < -0.39 is 0 Å². The van der Waals surface area contributed by atoms with Gasteiger partial charge in [-0.05, 0) is 18.6 Å². The van der Waals surface area contributed by atoms with Gasteiger partial charge in [-0.3, -0.25) is 9.79 Å². The Hall–Kier alpha value is -2.02. The number of hydrogen-bond donors (Lipinski definition) is 2. The highest BCUT2D eigenvalue weighted by Crippen LogP contribution is 2.16. The number of ether oxygens (including phenoxy) is 1. The molecule has 1 saturated heterocycles. The van der Waals surface area contributed by atoms with E-state index >= 15 is 0 Å². The van der Waals surface area contributed by atoms with Gasteiger partial charge in [0.15, 0.2) is 5.96 Å². The van der Waals surface area contributed by atoms with Crippen molar-refractivity contribution in [1.29, 1.82) is 0 Å². The highest BCUT2D eigenvalue weighted by Gasteiger charge is 2.24. The van der Waals surface area contributed by atoms with Crippen LogP contribution in [-0.4, -0.2) is 57.2 Å². The van der Waals surface area contributed by atoms with E-state index in [1.807, 2.05) is 6.07 Å². The zero-order valence-electron chi connectivity index (χ0n) is 13.2. The van der Waals surface area contributed by atoms with Crippen molar-refractivity contribution in [2.75, 3.05) is 40.4 Å². The van der Waals surface area contributed by atoms with Gasteiger partial charge in [0.25, 0.3) is 0 Å². The van der Waals surface area contributed by atoms with Crippen molar-refractivity contribution in [3.05, 3.63) is 24.2 Å². The molecule has 2 N–H and O–H groups in total. The van der Waals surface area contributed by atoms with Crippen LogP contribution in [0.2, 0.25) is 0 Å². The summed E-state index contributed by atoms with van der Waals surface area (Å²) in [4.78, 5) is 18.2. The van der Waals surface area contributed by atoms with Crippen LogP contribution in [0, 0.1) is 5.92 Å². The van der Waals surface area contributed by atoms with Crippen LogP contribution in [0.15, 0.2) is 27.8 Å². The molecular formula is C15H24N4O3. The summed E-state index contributed by atoms with van der Waals surface area (Å²) >= 11 is 0. The predicted octanol–water partition coefficient (Wildman–Crippen LogP) is 0.440. The number of carbonyl (C=O) groups excluding carboxylic acids is 1. The van der Waals surface area contributed by atoms with E-state index in [4.69, 9.17) is 9.15 Å². The molecule has 1 atom stereocenters. The van der Waals surface area contributed by atoms with Crippen LogP contribution in [-0.2, 0) is 16.1 Å². The number of aliphatic imine (C=N–C) groups is 1. The third kappa shape index (κ3) is 4.77. The molecule has 0 aromatic carbocycles. The summed E-state index contributed by atoms with van der Waals surface area (Å²) in [6.07, 6.45) is 2.67. The average Bonchev–Trinajstić information content (AvgIpc) is 3.18. The van der Waals surface area contributed by atoms with Gasteiger partial charge in [0.2, 0.25) is 5.91 Å². The van der Waals surface area contributed by atoms with Crippen LogP contribution in [0.25, 0.3) is 0 Å². The monoisotopic (exact) mass is 308 g/mol. The molecule has 22 heavy (non-hydrogen) atoms. The van der Waals surface area contributed by atoms with Crippen molar-refractivity contribution in [3.8, 4) is 0 Å². The van der Waals surface area contributed by atoms with Crippen LogP contribution in [0.4, 0.5) is 0 Å². The molecule has 0 aliphatic carbocycles. The van der Waals surface area contributed by atoms with E-state index in [1.165, 1.54) is 0 Å². The van der Waals surface area contributed by atoms with Gasteiger partial charge in [-0.2, -0.15) is 0 Å². The second-order valence-corrected chi connectivity index (χ2v) is 5.31. The molecule has 7 nitrogen and oxygen atoms in total. The van der Waals surface area contributed by atoms with E-state index in [2.05, 4.69) is 20.5 Å². The Bertz CT molecular complexity index is 487. The molecule has 1 fully saturated rings. The highest BCUT2D eigenvalue weighted by atomic mass is 16.5. The first kappa shape index (κ1) is 16.4. The molecule has 1 aliphatic heterocycles. The molecule has 1 amide bonds. The first-order valence-corrected chi connectivity index (χ1v) is 7.46. The summed E-state index contributed by atoms with van der Waals surface area (Å²) in [5, 5.41) is 5.89. The van der Waals surface area contributed by atoms with Crippen LogP contribution in [0.5, 0.6) is 0 Å². The van der Waals surface area contributed by atoms with Crippen molar-refractivity contribution < 1.29 is 13.9 Å². The average molecular weight is 308 g/mol. The van der Waals surface area contributed by atoms with Gasteiger partial charge < -0.3 is 24.7 Å². The van der Waals surface area contributed by atoms with Crippen LogP contribution < -0.4 is 10.6 Å². The Morgan fingerprint density at radius 1 is 1.55 bits per heavy atom. The fourth-order valence-corrected chi connectivity index (χ4v) is 2.55. The summed E-state index contributed by atoms with van der Waals surface area (Å²) in [6, 6.07) is 3.62. The lowest BCUT2D eigenvalue weighted by Gasteiger charge is -2.21. The minimum absolute atomic E-state index is 0.0924. The summed E-state index contributed by atoms with van der Waals surface area (Å²) < 4.78 is 10.4. The largest absolute Gasteiger partial charge is 0.467 e. The molecule has 1 unspecified atom stereocenters. The molecule has 0 spiro atoms. The number of methoxy groups -OCH3 is 1. The summed E-state index contributed by atoms with van der Waals surface area (Å²) in [7, 11) is 3.45. The smallest absolute Gasteiger partial charge is 0.239 e. The van der Waals surface area contributed by atoms with Gasteiger partial charge in [0.1, 0.15) is 5.76 Å². The number of carbonyl (C=O) groups is 1. The quantitative estimate of drug-likeness (QED) is 0.589. The van der Waals surface area contributed by atoms with E-state index in [0.29, 0.717) is 12.5 Å². The second-order valence-electron chi connectivity index (χ2n) is 5.31. The minimum Gasteiger partial charge on any atom is -0.467 e. The zero-order chi connectivity index (χ0) is 15.8. The number of likely N-dealkylation sites (tertiary alicyclic amines) is 1. The second kappa shape index (κ2) is 8.43. The van der Waals surface area contributed by atoms with Crippen molar-refractivity contribution >= 4 is 11.9 Å². The van der Waals surface area contributed by atoms with Crippen LogP contribution in [0.3, 0.4) is 0 Å². The Balaban J connectivity index is 1.71. The summed E-state index contributed by atoms with van der Waals surface area (Å²) in [5.41, 5.74) is 0. The third-order valence-corrected chi connectivity index (χ3v) is 3.65. The molecule has 7 heteroatoms. The van der Waals surface area contributed by atoms with Crippen LogP contribution >= 0.6 is 0 Å². The Labute approximate surface area is 130 Å². The van der Waals surface area contributed by atoms with Gasteiger partial charge in [-0.25, -0.2) is 0 Å². The van der Waals surface area contributed by atoms with Crippen molar-refractivity contribution in [2.24, 2.45) is 10.9 Å². The maximum atomic E-state index is 11.8. The fourth-order valence-electron chi connectivity index (χ4n) is 2.55. The molecule has 0 bridgehead atoms. The zero-order valence-corrected chi connectivity index (χ0v) is 13.2. The van der Waals surface area contributed by atoms with E-state index in [1.54, 1.807) is 26.5 Å². The first-order chi connectivity index (χ1) is 10.7. The number of furan rings is 1. The molecule has 1 aromatic rings. The van der Waals surface area contributed by atoms with E-state index in [9.17, 15) is 4.79 Å². The Morgan fingerprint density at radius 3 is 3.09 bits per heavy atom. The molecule has 122 valence electrons. The number of rotatable bonds is 6. The summed E-state index contributed by atoms with van der Waals surface area (Å²) in [5.74, 6) is 1.92. The SMILES string of the molecule is CN=C(NCC(=O)NCc1ccco1)N1CCC(COC)C1. The topological polar surface area (TPSA) is 79.1 Å². The lowest BCUT2D eigenvalue weighted by molar-refractivity contribution is -0.120. The molecule has 2 heterocycles. The van der Waals surface area contributed by atoms with Gasteiger partial charge in [-0.1, -0.05) is 0 Å². The van der Waals surface area contributed by atoms with Gasteiger partial charge in [0.05, 0.1) is 26.0 Å². The Morgan fingerprint density at radius 2 is 2.41 bits per heavy atom. The standard InChI is InChI=1S/C15H24N4O3/c1-16-15(19-6-5-12(10-19)11-21-2)18-9-14(20)17-8-13-4-3-7-22-13/h3-4,7,12H,5-6,8-11H2,1-2H3,(H,16,18)(H,17,20). The number of nitrogens with one attached hydrogen (secondary N) is 2. The fraction of sp³-hybridized carbons (Fsp3) is 0.600. The first-order valence-electron chi connectivity index (χ1n) is 7.46. The normalized spacial score (nSPS) is 18.5. The Kier molecular flexibility index (Phi) is 6.27. The molecule has 2 rings (SSSR count).